The molecule has 0 saturated carbocycles. The fourth-order valence-corrected chi connectivity index (χ4v) is 5.32. The number of anilines is 1. The van der Waals surface area contributed by atoms with Crippen molar-refractivity contribution in [2.75, 3.05) is 5.73 Å². The van der Waals surface area contributed by atoms with Gasteiger partial charge in [0, 0.05) is 23.9 Å². The number of nitrogens with one attached hydrogen (secondary N) is 2. The molecule has 0 aliphatic heterocycles. The standard InChI is InChI=1S/C31H26FN3O/c32-28-17-24(26-7-3-5-22(26)14-19-8-11-25(33)12-9-19)16-23-15-20(4-1-2-6-27(23)28)21-10-13-29-30(18-21)35-31(36)34-29/h2-5,7-13,16-18,20,22H,6,14-15,33H2,(H2,34,35,36). The summed E-state index contributed by atoms with van der Waals surface area (Å²) in [4.78, 5) is 17.3. The Hall–Kier alpha value is -4.34. The lowest BCUT2D eigenvalue weighted by molar-refractivity contribution is 0.608. The molecule has 2 atom stereocenters. The molecule has 3 aromatic carbocycles. The Morgan fingerprint density at radius 3 is 2.72 bits per heavy atom. The highest BCUT2D eigenvalue weighted by Crippen LogP contribution is 2.36. The Balaban J connectivity index is 1.33. The molecule has 4 nitrogen and oxygen atoms in total. The van der Waals surface area contributed by atoms with Crippen molar-refractivity contribution in [3.05, 3.63) is 135 Å². The summed E-state index contributed by atoms with van der Waals surface area (Å²) in [5.74, 6) is 0.0210. The first kappa shape index (κ1) is 22.1. The maximum atomic E-state index is 15.5. The summed E-state index contributed by atoms with van der Waals surface area (Å²) in [6.07, 6.45) is 12.3. The first-order valence-electron chi connectivity index (χ1n) is 12.2. The van der Waals surface area contributed by atoms with Gasteiger partial charge in [-0.15, -0.1) is 5.73 Å². The molecule has 0 amide bonds. The molecule has 6 rings (SSSR count). The largest absolute Gasteiger partial charge is 0.399 e. The third kappa shape index (κ3) is 4.26. The number of nitrogen functional groups attached to an aromatic ring is 1. The normalized spacial score (nSPS) is 18.8. The smallest absolute Gasteiger partial charge is 0.323 e. The number of aromatic nitrogens is 2. The zero-order valence-electron chi connectivity index (χ0n) is 19.7. The quantitative estimate of drug-likeness (QED) is 0.251. The van der Waals surface area contributed by atoms with Crippen molar-refractivity contribution in [2.45, 2.75) is 25.2 Å². The molecular formula is C31H26FN3O. The summed E-state index contributed by atoms with van der Waals surface area (Å²) >= 11 is 0. The van der Waals surface area contributed by atoms with Crippen LogP contribution >= 0.6 is 0 Å². The monoisotopic (exact) mass is 475 g/mol. The molecule has 2 unspecified atom stereocenters. The number of fused-ring (bicyclic) bond motifs is 2. The third-order valence-corrected chi connectivity index (χ3v) is 7.20. The van der Waals surface area contributed by atoms with E-state index in [9.17, 15) is 4.79 Å². The van der Waals surface area contributed by atoms with Crippen molar-refractivity contribution < 1.29 is 4.39 Å². The maximum Gasteiger partial charge on any atom is 0.323 e. The predicted molar refractivity (Wildman–Crippen MR) is 143 cm³/mol. The van der Waals surface area contributed by atoms with E-state index in [2.05, 4.69) is 52.1 Å². The number of rotatable bonds is 4. The first-order chi connectivity index (χ1) is 17.5. The predicted octanol–water partition coefficient (Wildman–Crippen LogP) is 5.98. The van der Waals surface area contributed by atoms with Gasteiger partial charge in [-0.05, 0) is 88.7 Å². The SMILES string of the molecule is Nc1ccc(CC2C=CC=C2c2cc(F)c3c(c2)CC(c2ccc4[nH]c(=O)[nH]c4c2)C=C=CC3)cc1. The Kier molecular flexibility index (Phi) is 5.55. The number of aromatic amines is 2. The van der Waals surface area contributed by atoms with Gasteiger partial charge in [0.25, 0.3) is 0 Å². The number of hydrogen-bond donors (Lipinski definition) is 3. The summed E-state index contributed by atoms with van der Waals surface area (Å²) in [6, 6.07) is 17.7. The zero-order valence-corrected chi connectivity index (χ0v) is 19.7. The van der Waals surface area contributed by atoms with Crippen LogP contribution in [0.3, 0.4) is 0 Å². The third-order valence-electron chi connectivity index (χ3n) is 7.20. The highest BCUT2D eigenvalue weighted by Gasteiger charge is 2.22. The molecule has 4 aromatic rings. The minimum atomic E-state index is -0.223. The van der Waals surface area contributed by atoms with Gasteiger partial charge in [-0.1, -0.05) is 42.5 Å². The topological polar surface area (TPSA) is 74.7 Å². The Morgan fingerprint density at radius 2 is 1.86 bits per heavy atom. The van der Waals surface area contributed by atoms with Crippen LogP contribution in [0.4, 0.5) is 10.1 Å². The van der Waals surface area contributed by atoms with Crippen molar-refractivity contribution in [1.29, 1.82) is 0 Å². The number of allylic oxidation sites excluding steroid dienone is 5. The zero-order chi connectivity index (χ0) is 24.6. The molecule has 5 heteroatoms. The second-order valence-electron chi connectivity index (χ2n) is 9.59. The number of nitrogens with two attached hydrogens (primary N) is 1. The molecular weight excluding hydrogens is 449 g/mol. The number of H-pyrrole nitrogens is 2. The highest BCUT2D eigenvalue weighted by molar-refractivity contribution is 5.76. The Labute approximate surface area is 208 Å². The van der Waals surface area contributed by atoms with Gasteiger partial charge < -0.3 is 15.7 Å². The van der Waals surface area contributed by atoms with Crippen LogP contribution in [-0.4, -0.2) is 9.97 Å². The molecule has 0 saturated heterocycles. The number of hydrogen-bond acceptors (Lipinski definition) is 2. The van der Waals surface area contributed by atoms with Gasteiger partial charge in [-0.3, -0.25) is 0 Å². The average Bonchev–Trinajstić information content (AvgIpc) is 3.46. The Bertz CT molecular complexity index is 1650. The van der Waals surface area contributed by atoms with E-state index < -0.39 is 0 Å². The molecule has 1 aromatic heterocycles. The van der Waals surface area contributed by atoms with Crippen LogP contribution in [0.15, 0.2) is 95.5 Å². The van der Waals surface area contributed by atoms with Gasteiger partial charge in [-0.25, -0.2) is 9.18 Å². The molecule has 2 aliphatic rings. The van der Waals surface area contributed by atoms with Gasteiger partial charge in [0.1, 0.15) is 5.82 Å². The number of imidazole rings is 1. The lowest BCUT2D eigenvalue weighted by atomic mass is 9.84. The number of halogens is 1. The second-order valence-corrected chi connectivity index (χ2v) is 9.59. The minimum absolute atomic E-state index is 0.0130. The van der Waals surface area contributed by atoms with E-state index in [1.54, 1.807) is 6.07 Å². The molecule has 0 bridgehead atoms. The van der Waals surface area contributed by atoms with Crippen molar-refractivity contribution in [1.82, 2.24) is 9.97 Å². The summed E-state index contributed by atoms with van der Waals surface area (Å²) in [7, 11) is 0. The van der Waals surface area contributed by atoms with Crippen LogP contribution in [0.1, 0.15) is 33.7 Å². The lowest BCUT2D eigenvalue weighted by Crippen LogP contribution is -2.09. The van der Waals surface area contributed by atoms with Gasteiger partial charge in [0.05, 0.1) is 11.0 Å². The van der Waals surface area contributed by atoms with Crippen molar-refractivity contribution in [3.63, 3.8) is 0 Å². The molecule has 0 spiro atoms. The van der Waals surface area contributed by atoms with Gasteiger partial charge in [0.2, 0.25) is 0 Å². The van der Waals surface area contributed by atoms with Crippen LogP contribution in [0.2, 0.25) is 0 Å². The van der Waals surface area contributed by atoms with Crippen LogP contribution in [0, 0.1) is 11.7 Å². The van der Waals surface area contributed by atoms with Crippen LogP contribution in [0.25, 0.3) is 16.6 Å². The van der Waals surface area contributed by atoms with Crippen molar-refractivity contribution in [2.24, 2.45) is 5.92 Å². The lowest BCUT2D eigenvalue weighted by Gasteiger charge is -2.21. The molecule has 4 N–H and O–H groups in total. The van der Waals surface area contributed by atoms with Gasteiger partial charge >= 0.3 is 5.69 Å². The van der Waals surface area contributed by atoms with E-state index in [0.717, 1.165) is 51.0 Å². The van der Waals surface area contributed by atoms with Crippen molar-refractivity contribution in [3.8, 4) is 0 Å². The van der Waals surface area contributed by atoms with E-state index in [-0.39, 0.29) is 23.3 Å². The van der Waals surface area contributed by atoms with E-state index in [1.807, 2.05) is 42.5 Å². The first-order valence-corrected chi connectivity index (χ1v) is 12.2. The van der Waals surface area contributed by atoms with Gasteiger partial charge in [0.15, 0.2) is 0 Å². The summed E-state index contributed by atoms with van der Waals surface area (Å²) in [5.41, 5.74) is 17.2. The fourth-order valence-electron chi connectivity index (χ4n) is 5.32. The highest BCUT2D eigenvalue weighted by atomic mass is 19.1. The Morgan fingerprint density at radius 1 is 1.03 bits per heavy atom. The average molecular weight is 476 g/mol. The molecule has 0 radical (unpaired) electrons. The van der Waals surface area contributed by atoms with Crippen molar-refractivity contribution >= 4 is 22.3 Å². The maximum absolute atomic E-state index is 15.5. The van der Waals surface area contributed by atoms with Crippen LogP contribution in [-0.2, 0) is 19.3 Å². The van der Waals surface area contributed by atoms with E-state index in [1.165, 1.54) is 5.56 Å². The van der Waals surface area contributed by atoms with Crippen LogP contribution < -0.4 is 11.4 Å². The molecule has 0 fully saturated rings. The van der Waals surface area contributed by atoms with E-state index in [4.69, 9.17) is 5.73 Å². The fraction of sp³-hybridized carbons (Fsp3) is 0.161. The minimum Gasteiger partial charge on any atom is -0.399 e. The van der Waals surface area contributed by atoms with E-state index >= 15 is 4.39 Å². The second kappa shape index (κ2) is 9.03. The molecule has 36 heavy (non-hydrogen) atoms. The van der Waals surface area contributed by atoms with Crippen LogP contribution in [0.5, 0.6) is 0 Å². The molecule has 1 heterocycles. The number of benzene rings is 3. The molecule has 178 valence electrons. The van der Waals surface area contributed by atoms with Gasteiger partial charge in [-0.2, -0.15) is 0 Å². The molecule has 2 aliphatic carbocycles. The van der Waals surface area contributed by atoms with E-state index in [0.29, 0.717) is 12.8 Å². The summed E-state index contributed by atoms with van der Waals surface area (Å²) in [5, 5.41) is 0. The summed E-state index contributed by atoms with van der Waals surface area (Å²) < 4.78 is 15.5. The summed E-state index contributed by atoms with van der Waals surface area (Å²) in [6.45, 7) is 0.